The smallest absolute Gasteiger partial charge is 0.261 e. The van der Waals surface area contributed by atoms with Gasteiger partial charge in [-0.05, 0) is 6.07 Å². The number of carbonyl (C=O) groups excluding carboxylic acids is 1. The number of aryl methyl sites for hydroxylation is 1. The van der Waals surface area contributed by atoms with E-state index in [2.05, 4.69) is 28.1 Å². The molecule has 1 amide bonds. The molecule has 7 heteroatoms. The first-order valence-corrected chi connectivity index (χ1v) is 5.88. The lowest BCUT2D eigenvalue weighted by Crippen LogP contribution is -2.23. The van der Waals surface area contributed by atoms with Gasteiger partial charge in [0.1, 0.15) is 6.33 Å². The van der Waals surface area contributed by atoms with Gasteiger partial charge in [0.15, 0.2) is 5.82 Å². The van der Waals surface area contributed by atoms with Crippen molar-refractivity contribution >= 4 is 29.9 Å². The second-order valence-electron chi connectivity index (χ2n) is 3.21. The van der Waals surface area contributed by atoms with Crippen molar-refractivity contribution in [3.63, 3.8) is 0 Å². The summed E-state index contributed by atoms with van der Waals surface area (Å²) in [5.41, 5.74) is 0. The summed E-state index contributed by atoms with van der Waals surface area (Å²) in [7, 11) is 1.83. The molecule has 0 radical (unpaired) electrons. The Bertz CT molecular complexity index is 505. The van der Waals surface area contributed by atoms with Gasteiger partial charge in [-0.25, -0.2) is 0 Å². The van der Waals surface area contributed by atoms with Crippen LogP contribution in [0.3, 0.4) is 0 Å². The Balaban J connectivity index is 1.96. The maximum Gasteiger partial charge on any atom is 0.261 e. The first-order chi connectivity index (χ1) is 7.66. The van der Waals surface area contributed by atoms with Crippen LogP contribution in [0.2, 0.25) is 0 Å². The van der Waals surface area contributed by atoms with E-state index in [1.807, 2.05) is 12.4 Å². The van der Waals surface area contributed by atoms with E-state index in [9.17, 15) is 4.79 Å². The first-order valence-electron chi connectivity index (χ1n) is 4.55. The molecule has 2 heterocycles. The molecule has 0 aliphatic carbocycles. The zero-order chi connectivity index (χ0) is 11.5. The fourth-order valence-corrected chi connectivity index (χ4v) is 2.22. The number of thiophene rings is 1. The van der Waals surface area contributed by atoms with E-state index >= 15 is 0 Å². The Kier molecular flexibility index (Phi) is 3.25. The molecule has 0 bridgehead atoms. The number of hydrogen-bond donors (Lipinski definition) is 2. The van der Waals surface area contributed by atoms with Crippen molar-refractivity contribution in [3.05, 3.63) is 28.5 Å². The van der Waals surface area contributed by atoms with Crippen LogP contribution in [-0.2, 0) is 13.6 Å². The lowest BCUT2D eigenvalue weighted by molar-refractivity contribution is 0.0953. The summed E-state index contributed by atoms with van der Waals surface area (Å²) < 4.78 is 1.76. The average molecular weight is 254 g/mol. The maximum atomic E-state index is 11.7. The largest absolute Gasteiger partial charge is 0.344 e. The van der Waals surface area contributed by atoms with Crippen molar-refractivity contribution in [2.24, 2.45) is 7.05 Å². The lowest BCUT2D eigenvalue weighted by atomic mass is 10.4. The van der Waals surface area contributed by atoms with Gasteiger partial charge in [0.2, 0.25) is 0 Å². The Morgan fingerprint density at radius 3 is 3.06 bits per heavy atom. The number of aromatic nitrogens is 3. The van der Waals surface area contributed by atoms with E-state index in [1.165, 1.54) is 11.3 Å². The van der Waals surface area contributed by atoms with E-state index in [1.54, 1.807) is 17.0 Å². The number of amides is 1. The summed E-state index contributed by atoms with van der Waals surface area (Å²) >= 11 is 5.52. The predicted octanol–water partition coefficient (Wildman–Crippen LogP) is 1.10. The minimum absolute atomic E-state index is 0.117. The minimum Gasteiger partial charge on any atom is -0.344 e. The van der Waals surface area contributed by atoms with Crippen LogP contribution in [0.1, 0.15) is 15.5 Å². The summed E-state index contributed by atoms with van der Waals surface area (Å²) in [6.07, 6.45) is 1.60. The Morgan fingerprint density at radius 1 is 1.69 bits per heavy atom. The summed E-state index contributed by atoms with van der Waals surface area (Å²) in [5.74, 6) is 0.601. The van der Waals surface area contributed by atoms with Crippen LogP contribution in [-0.4, -0.2) is 20.7 Å². The third-order valence-corrected chi connectivity index (χ3v) is 3.38. The summed E-state index contributed by atoms with van der Waals surface area (Å²) in [6.45, 7) is 0.370. The highest BCUT2D eigenvalue weighted by Crippen LogP contribution is 2.17. The molecule has 0 aromatic carbocycles. The molecular weight excluding hydrogens is 244 g/mol. The number of thiol groups is 1. The molecule has 0 unspecified atom stereocenters. The first kappa shape index (κ1) is 11.2. The third kappa shape index (κ3) is 2.42. The van der Waals surface area contributed by atoms with Crippen LogP contribution in [0.25, 0.3) is 0 Å². The quantitative estimate of drug-likeness (QED) is 0.806. The molecule has 84 valence electrons. The minimum atomic E-state index is -0.117. The predicted molar refractivity (Wildman–Crippen MR) is 63.7 cm³/mol. The monoisotopic (exact) mass is 254 g/mol. The Hall–Kier alpha value is -1.34. The normalized spacial score (nSPS) is 10.4. The van der Waals surface area contributed by atoms with Crippen LogP contribution < -0.4 is 5.32 Å². The number of rotatable bonds is 3. The second kappa shape index (κ2) is 4.67. The van der Waals surface area contributed by atoms with Crippen LogP contribution in [0, 0.1) is 0 Å². The molecule has 0 aliphatic heterocycles. The van der Waals surface area contributed by atoms with Crippen molar-refractivity contribution in [2.45, 2.75) is 11.4 Å². The molecule has 16 heavy (non-hydrogen) atoms. The van der Waals surface area contributed by atoms with Gasteiger partial charge in [-0.1, -0.05) is 0 Å². The van der Waals surface area contributed by atoms with Gasteiger partial charge in [-0.15, -0.1) is 34.2 Å². The molecule has 0 spiro atoms. The standard InChI is InChI=1S/C9H10N4OS2/c1-13-5-11-12-8(13)3-10-9(14)7-2-6(15)4-16-7/h2,4-5,15H,3H2,1H3,(H,10,14). The van der Waals surface area contributed by atoms with E-state index in [0.29, 0.717) is 11.4 Å². The molecule has 2 aromatic heterocycles. The highest BCUT2D eigenvalue weighted by Gasteiger charge is 2.09. The molecule has 0 atom stereocenters. The highest BCUT2D eigenvalue weighted by molar-refractivity contribution is 7.80. The van der Waals surface area contributed by atoms with Gasteiger partial charge >= 0.3 is 0 Å². The zero-order valence-corrected chi connectivity index (χ0v) is 10.3. The molecular formula is C9H10N4OS2. The molecule has 0 saturated carbocycles. The fourth-order valence-electron chi connectivity index (χ4n) is 1.16. The molecule has 2 rings (SSSR count). The maximum absolute atomic E-state index is 11.7. The van der Waals surface area contributed by atoms with E-state index in [4.69, 9.17) is 0 Å². The van der Waals surface area contributed by atoms with Crippen molar-refractivity contribution in [3.8, 4) is 0 Å². The summed E-state index contributed by atoms with van der Waals surface area (Å²) in [5, 5.41) is 12.2. The van der Waals surface area contributed by atoms with Crippen LogP contribution in [0.5, 0.6) is 0 Å². The van der Waals surface area contributed by atoms with Crippen LogP contribution in [0.4, 0.5) is 0 Å². The number of hydrogen-bond acceptors (Lipinski definition) is 5. The lowest BCUT2D eigenvalue weighted by Gasteiger charge is -2.02. The van der Waals surface area contributed by atoms with Gasteiger partial charge in [0.05, 0.1) is 11.4 Å². The van der Waals surface area contributed by atoms with E-state index in [-0.39, 0.29) is 5.91 Å². The molecule has 0 saturated heterocycles. The number of carbonyl (C=O) groups is 1. The molecule has 1 N–H and O–H groups in total. The van der Waals surface area contributed by atoms with Gasteiger partial charge in [-0.2, -0.15) is 0 Å². The average Bonchev–Trinajstić information content (AvgIpc) is 2.84. The highest BCUT2D eigenvalue weighted by atomic mass is 32.1. The summed E-state index contributed by atoms with van der Waals surface area (Å²) in [4.78, 5) is 13.1. The van der Waals surface area contributed by atoms with Crippen LogP contribution >= 0.6 is 24.0 Å². The summed E-state index contributed by atoms with van der Waals surface area (Å²) in [6, 6.07) is 1.74. The topological polar surface area (TPSA) is 59.8 Å². The SMILES string of the molecule is Cn1cnnc1CNC(=O)c1cc(S)cs1. The van der Waals surface area contributed by atoms with Gasteiger partial charge in [-0.3, -0.25) is 4.79 Å². The van der Waals surface area contributed by atoms with E-state index < -0.39 is 0 Å². The van der Waals surface area contributed by atoms with Crippen molar-refractivity contribution in [1.29, 1.82) is 0 Å². The Labute approximate surface area is 102 Å². The van der Waals surface area contributed by atoms with Crippen molar-refractivity contribution < 1.29 is 4.79 Å². The van der Waals surface area contributed by atoms with E-state index in [0.717, 1.165) is 10.7 Å². The molecule has 0 fully saturated rings. The Morgan fingerprint density at radius 2 is 2.50 bits per heavy atom. The van der Waals surface area contributed by atoms with Crippen LogP contribution in [0.15, 0.2) is 22.7 Å². The third-order valence-electron chi connectivity index (χ3n) is 2.02. The van der Waals surface area contributed by atoms with Gasteiger partial charge in [0.25, 0.3) is 5.91 Å². The number of nitrogens with zero attached hydrogens (tertiary/aromatic N) is 3. The van der Waals surface area contributed by atoms with Gasteiger partial charge < -0.3 is 9.88 Å². The molecule has 5 nitrogen and oxygen atoms in total. The van der Waals surface area contributed by atoms with Crippen molar-refractivity contribution in [1.82, 2.24) is 20.1 Å². The van der Waals surface area contributed by atoms with Gasteiger partial charge in [0, 0.05) is 17.3 Å². The number of nitrogens with one attached hydrogen (secondary N) is 1. The zero-order valence-electron chi connectivity index (χ0n) is 8.54. The second-order valence-corrected chi connectivity index (χ2v) is 4.64. The molecule has 2 aromatic rings. The fraction of sp³-hybridized carbons (Fsp3) is 0.222. The molecule has 0 aliphatic rings. The van der Waals surface area contributed by atoms with Crippen molar-refractivity contribution in [2.75, 3.05) is 0 Å².